The van der Waals surface area contributed by atoms with Crippen molar-refractivity contribution >= 4 is 28.4 Å². The molecule has 0 unspecified atom stereocenters. The molecule has 0 N–H and O–H groups in total. The van der Waals surface area contributed by atoms with Crippen molar-refractivity contribution in [3.63, 3.8) is 0 Å². The van der Waals surface area contributed by atoms with Crippen LogP contribution in [0.3, 0.4) is 0 Å². The number of carbonyl (C=O) groups is 1. The third-order valence-electron chi connectivity index (χ3n) is 7.66. The lowest BCUT2D eigenvalue weighted by Crippen LogP contribution is -2.54. The van der Waals surface area contributed by atoms with Gasteiger partial charge in [0.1, 0.15) is 0 Å². The Kier molecular flexibility index (Phi) is 7.87. The Hall–Kier alpha value is -1.60. The molecule has 5 nitrogen and oxygen atoms in total. The van der Waals surface area contributed by atoms with Gasteiger partial charge in [-0.1, -0.05) is 42.5 Å². The lowest BCUT2D eigenvalue weighted by molar-refractivity contribution is -0.131. The fourth-order valence-electron chi connectivity index (χ4n) is 5.86. The van der Waals surface area contributed by atoms with Crippen LogP contribution in [0, 0.1) is 5.92 Å². The number of carbonyl (C=O) groups excluding carboxylic acids is 1. The fraction of sp³-hybridized carbons (Fsp3) is 0.593. The van der Waals surface area contributed by atoms with Crippen LogP contribution in [0.1, 0.15) is 24.8 Å². The minimum absolute atomic E-state index is 0.363. The maximum atomic E-state index is 12.9. The van der Waals surface area contributed by atoms with Crippen molar-refractivity contribution in [1.82, 2.24) is 14.7 Å². The summed E-state index contributed by atoms with van der Waals surface area (Å²) in [5, 5.41) is 2.69. The molecule has 178 valence electrons. The third kappa shape index (κ3) is 5.73. The first-order valence-corrected chi connectivity index (χ1v) is 13.8. The highest BCUT2D eigenvalue weighted by Gasteiger charge is 2.34. The van der Waals surface area contributed by atoms with E-state index < -0.39 is 0 Å². The van der Waals surface area contributed by atoms with Gasteiger partial charge in [0.25, 0.3) is 0 Å². The van der Waals surface area contributed by atoms with Crippen molar-refractivity contribution in [2.45, 2.75) is 31.8 Å². The summed E-state index contributed by atoms with van der Waals surface area (Å²) in [6.07, 6.45) is 2.87. The Labute approximate surface area is 202 Å². The number of amides is 1. The number of ether oxygens (including phenoxy) is 1. The molecule has 3 aliphatic heterocycles. The third-order valence-corrected chi connectivity index (χ3v) is 8.60. The molecule has 33 heavy (non-hydrogen) atoms. The lowest BCUT2D eigenvalue weighted by atomic mass is 9.86. The van der Waals surface area contributed by atoms with Crippen molar-refractivity contribution in [2.75, 3.05) is 64.0 Å². The summed E-state index contributed by atoms with van der Waals surface area (Å²) in [4.78, 5) is 20.3. The smallest absolute Gasteiger partial charge is 0.222 e. The number of nitrogens with zero attached hydrogens (tertiary/aromatic N) is 3. The lowest BCUT2D eigenvalue weighted by Gasteiger charge is -2.45. The highest BCUT2D eigenvalue weighted by molar-refractivity contribution is 7.99. The van der Waals surface area contributed by atoms with Crippen LogP contribution < -0.4 is 0 Å². The largest absolute Gasteiger partial charge is 0.379 e. The topological polar surface area (TPSA) is 36.0 Å². The normalized spacial score (nSPS) is 25.4. The zero-order chi connectivity index (χ0) is 22.5. The molecule has 2 aromatic carbocycles. The maximum absolute atomic E-state index is 12.9. The number of benzene rings is 2. The standard InChI is InChI=1S/C27H37N3O2S/c31-27(30-14-18-33-19-15-30)9-8-24-21-28(11-10-26(24)29-12-16-32-17-13-29)20-23-6-3-5-22-4-1-2-7-25(22)23/h1-7,24,26H,8-21H2/t24-,26+/m0/s1. The van der Waals surface area contributed by atoms with Gasteiger partial charge in [-0.25, -0.2) is 0 Å². The van der Waals surface area contributed by atoms with Gasteiger partial charge in [0.05, 0.1) is 13.2 Å². The average molecular weight is 468 g/mol. The number of likely N-dealkylation sites (tertiary alicyclic amines) is 1. The highest BCUT2D eigenvalue weighted by atomic mass is 32.2. The highest BCUT2D eigenvalue weighted by Crippen LogP contribution is 2.29. The molecule has 1 amide bonds. The van der Waals surface area contributed by atoms with Crippen molar-refractivity contribution < 1.29 is 9.53 Å². The van der Waals surface area contributed by atoms with Crippen LogP contribution in [0.15, 0.2) is 42.5 Å². The van der Waals surface area contributed by atoms with E-state index in [0.717, 1.165) is 77.0 Å². The second-order valence-electron chi connectivity index (χ2n) is 9.67. The van der Waals surface area contributed by atoms with Gasteiger partial charge in [0, 0.05) is 63.2 Å². The summed E-state index contributed by atoms with van der Waals surface area (Å²) in [6, 6.07) is 16.0. The van der Waals surface area contributed by atoms with Crippen molar-refractivity contribution in [1.29, 1.82) is 0 Å². The van der Waals surface area contributed by atoms with Gasteiger partial charge in [-0.3, -0.25) is 14.6 Å². The van der Waals surface area contributed by atoms with Crippen molar-refractivity contribution in [3.05, 3.63) is 48.0 Å². The Morgan fingerprint density at radius 2 is 1.76 bits per heavy atom. The van der Waals surface area contributed by atoms with E-state index in [4.69, 9.17) is 4.74 Å². The number of rotatable bonds is 6. The number of piperidine rings is 1. The number of hydrogen-bond acceptors (Lipinski definition) is 5. The first kappa shape index (κ1) is 23.2. The zero-order valence-corrected chi connectivity index (χ0v) is 20.5. The summed E-state index contributed by atoms with van der Waals surface area (Å²) in [7, 11) is 0. The summed E-state index contributed by atoms with van der Waals surface area (Å²) >= 11 is 1.96. The van der Waals surface area contributed by atoms with Crippen LogP contribution in [0.5, 0.6) is 0 Å². The minimum Gasteiger partial charge on any atom is -0.379 e. The van der Waals surface area contributed by atoms with Gasteiger partial charge in [0.15, 0.2) is 0 Å². The van der Waals surface area contributed by atoms with Crippen LogP contribution in [0.4, 0.5) is 0 Å². The molecule has 3 aliphatic rings. The monoisotopic (exact) mass is 467 g/mol. The molecule has 0 spiro atoms. The molecule has 0 aromatic heterocycles. The molecule has 2 aromatic rings. The molecule has 0 bridgehead atoms. The van der Waals surface area contributed by atoms with Gasteiger partial charge >= 0.3 is 0 Å². The second kappa shape index (κ2) is 11.2. The Morgan fingerprint density at radius 3 is 2.61 bits per heavy atom. The van der Waals surface area contributed by atoms with E-state index in [0.29, 0.717) is 24.3 Å². The number of morpholine rings is 1. The van der Waals surface area contributed by atoms with Gasteiger partial charge in [-0.15, -0.1) is 0 Å². The molecular weight excluding hydrogens is 430 g/mol. The molecule has 3 fully saturated rings. The van der Waals surface area contributed by atoms with Gasteiger partial charge in [-0.05, 0) is 41.6 Å². The van der Waals surface area contributed by atoms with Crippen LogP contribution in [0.25, 0.3) is 10.8 Å². The van der Waals surface area contributed by atoms with Crippen LogP contribution in [-0.4, -0.2) is 90.6 Å². The molecule has 2 atom stereocenters. The quantitative estimate of drug-likeness (QED) is 0.647. The molecule has 0 radical (unpaired) electrons. The summed E-state index contributed by atoms with van der Waals surface area (Å²) in [5.74, 6) is 3.08. The maximum Gasteiger partial charge on any atom is 0.222 e. The first-order valence-electron chi connectivity index (χ1n) is 12.6. The van der Waals surface area contributed by atoms with Crippen molar-refractivity contribution in [2.24, 2.45) is 5.92 Å². The summed E-state index contributed by atoms with van der Waals surface area (Å²) in [6.45, 7) is 8.78. The molecule has 3 saturated heterocycles. The number of fused-ring (bicyclic) bond motifs is 1. The van der Waals surface area contributed by atoms with Crippen LogP contribution in [-0.2, 0) is 16.1 Å². The van der Waals surface area contributed by atoms with Crippen LogP contribution >= 0.6 is 11.8 Å². The average Bonchev–Trinajstić information content (AvgIpc) is 2.88. The Morgan fingerprint density at radius 1 is 0.970 bits per heavy atom. The number of hydrogen-bond donors (Lipinski definition) is 0. The predicted octanol–water partition coefficient (Wildman–Crippen LogP) is 3.72. The molecule has 5 rings (SSSR count). The number of thioether (sulfide) groups is 1. The molecular formula is C27H37N3O2S. The predicted molar refractivity (Wildman–Crippen MR) is 137 cm³/mol. The Balaban J connectivity index is 1.26. The fourth-order valence-corrected chi connectivity index (χ4v) is 6.77. The summed E-state index contributed by atoms with van der Waals surface area (Å²) < 4.78 is 5.63. The van der Waals surface area contributed by atoms with E-state index in [1.54, 1.807) is 0 Å². The van der Waals surface area contributed by atoms with Crippen LogP contribution in [0.2, 0.25) is 0 Å². The van der Waals surface area contributed by atoms with Gasteiger partial charge in [-0.2, -0.15) is 11.8 Å². The second-order valence-corrected chi connectivity index (χ2v) is 10.9. The Bertz CT molecular complexity index is 921. The zero-order valence-electron chi connectivity index (χ0n) is 19.7. The van der Waals surface area contributed by atoms with E-state index in [1.165, 1.54) is 22.8 Å². The van der Waals surface area contributed by atoms with E-state index in [2.05, 4.69) is 57.2 Å². The molecule has 0 saturated carbocycles. The SMILES string of the molecule is O=C(CC[C@H]1CN(Cc2cccc3ccccc23)CC[C@H]1N1CCOCC1)N1CCSCC1. The van der Waals surface area contributed by atoms with E-state index >= 15 is 0 Å². The minimum atomic E-state index is 0.363. The molecule has 0 aliphatic carbocycles. The van der Waals surface area contributed by atoms with Gasteiger partial charge < -0.3 is 9.64 Å². The van der Waals surface area contributed by atoms with E-state index in [1.807, 2.05) is 11.8 Å². The van der Waals surface area contributed by atoms with Gasteiger partial charge in [0.2, 0.25) is 5.91 Å². The van der Waals surface area contributed by atoms with E-state index in [9.17, 15) is 4.79 Å². The van der Waals surface area contributed by atoms with E-state index in [-0.39, 0.29) is 0 Å². The summed E-state index contributed by atoms with van der Waals surface area (Å²) in [5.41, 5.74) is 1.42. The molecule has 3 heterocycles. The van der Waals surface area contributed by atoms with Crippen molar-refractivity contribution in [3.8, 4) is 0 Å². The molecule has 6 heteroatoms. The first-order chi connectivity index (χ1) is 16.3.